The molecule has 3 rings (SSSR count). The molecule has 0 nitrogen and oxygen atoms in total. The smallest absolute Gasteiger partial charge is 0.251 e. The van der Waals surface area contributed by atoms with Crippen LogP contribution in [0.4, 0.5) is 101 Å². The molecular formula is C85H167F23. The highest BCUT2D eigenvalue weighted by Crippen LogP contribution is 2.52. The Hall–Kier alpha value is -1.61. The molecule has 108 heavy (non-hydrogen) atoms. The van der Waals surface area contributed by atoms with Gasteiger partial charge in [-0.15, -0.1) is 0 Å². The zero-order chi connectivity index (χ0) is 93.7. The predicted octanol–water partition coefficient (Wildman–Crippen LogP) is 36.6. The minimum atomic E-state index is -5.24. The first kappa shape index (κ1) is 115. The van der Waals surface area contributed by atoms with E-state index in [0.29, 0.717) is 41.9 Å². The van der Waals surface area contributed by atoms with Crippen LogP contribution in [-0.2, 0) is 0 Å². The first-order valence-electron chi connectivity index (χ1n) is 42.1. The van der Waals surface area contributed by atoms with Crippen LogP contribution in [0.3, 0.4) is 0 Å². The summed E-state index contributed by atoms with van der Waals surface area (Å²) in [5.41, 5.74) is -4.24. The number of hydrogen-bond donors (Lipinski definition) is 0. The van der Waals surface area contributed by atoms with E-state index in [1.54, 1.807) is 27.7 Å². The lowest BCUT2D eigenvalue weighted by atomic mass is 9.86. The summed E-state index contributed by atoms with van der Waals surface area (Å²) in [6, 6.07) is 0. The molecule has 0 N–H and O–H groups in total. The average molecular weight is 1630 g/mol. The van der Waals surface area contributed by atoms with Gasteiger partial charge in [0.1, 0.15) is 0 Å². The number of alkyl halides is 23. The number of halogens is 23. The second-order valence-corrected chi connectivity index (χ2v) is 35.0. The average Bonchev–Trinajstić information content (AvgIpc) is 1.75. The molecule has 3 aliphatic carbocycles. The van der Waals surface area contributed by atoms with Gasteiger partial charge in [0, 0.05) is 25.1 Å². The van der Waals surface area contributed by atoms with Crippen LogP contribution in [-0.4, -0.2) is 56.1 Å². The third-order valence-corrected chi connectivity index (χ3v) is 20.3. The van der Waals surface area contributed by atoms with Gasteiger partial charge < -0.3 is 0 Å². The van der Waals surface area contributed by atoms with Crippen molar-refractivity contribution in [3.63, 3.8) is 0 Å². The summed E-state index contributed by atoms with van der Waals surface area (Å²) in [6.07, 6.45) is -18.2. The van der Waals surface area contributed by atoms with E-state index in [1.165, 1.54) is 93.4 Å². The molecule has 0 spiro atoms. The van der Waals surface area contributed by atoms with Crippen LogP contribution < -0.4 is 0 Å². The second kappa shape index (κ2) is 60.8. The molecule has 23 heteroatoms. The van der Waals surface area contributed by atoms with Crippen molar-refractivity contribution in [1.82, 2.24) is 0 Å². The summed E-state index contributed by atoms with van der Waals surface area (Å²) in [6.45, 7) is 64.4. The molecule has 0 heterocycles. The van der Waals surface area contributed by atoms with Gasteiger partial charge in [-0.25, -0.2) is 17.6 Å². The monoisotopic (exact) mass is 1630 g/mol. The van der Waals surface area contributed by atoms with Crippen LogP contribution in [0.1, 0.15) is 391 Å². The van der Waals surface area contributed by atoms with E-state index in [1.807, 2.05) is 41.5 Å². The van der Waals surface area contributed by atoms with Crippen LogP contribution in [0.5, 0.6) is 0 Å². The summed E-state index contributed by atoms with van der Waals surface area (Å²) in [7, 11) is 0. The second-order valence-electron chi connectivity index (χ2n) is 35.0. The van der Waals surface area contributed by atoms with Gasteiger partial charge in [0.25, 0.3) is 0 Å². The van der Waals surface area contributed by atoms with E-state index in [2.05, 4.69) is 104 Å². The van der Waals surface area contributed by atoms with Crippen molar-refractivity contribution in [1.29, 1.82) is 0 Å². The molecule has 11 atom stereocenters. The Labute approximate surface area is 655 Å². The summed E-state index contributed by atoms with van der Waals surface area (Å²) in [5, 5.41) is 0. The van der Waals surface area contributed by atoms with Gasteiger partial charge in [-0.05, 0) is 134 Å². The van der Waals surface area contributed by atoms with Crippen LogP contribution in [0.15, 0.2) is 0 Å². The third-order valence-electron chi connectivity index (χ3n) is 20.3. The molecular weight excluding hydrogens is 1460 g/mol. The van der Waals surface area contributed by atoms with Crippen molar-refractivity contribution in [2.75, 3.05) is 6.67 Å². The lowest BCUT2D eigenvalue weighted by Gasteiger charge is -2.32. The summed E-state index contributed by atoms with van der Waals surface area (Å²) in [4.78, 5) is 0. The molecule has 0 bridgehead atoms. The maximum Gasteiger partial charge on any atom is 0.402 e. The highest BCUT2D eigenvalue weighted by molar-refractivity contribution is 4.88. The molecule has 0 amide bonds. The van der Waals surface area contributed by atoms with Crippen LogP contribution in [0.2, 0.25) is 0 Å². The zero-order valence-electron chi connectivity index (χ0n) is 79.4. The Kier molecular flexibility index (Phi) is 64.8. The van der Waals surface area contributed by atoms with Gasteiger partial charge >= 0.3 is 37.1 Å². The number of rotatable bonds is 15. The van der Waals surface area contributed by atoms with Crippen molar-refractivity contribution in [2.24, 2.45) is 110 Å². The van der Waals surface area contributed by atoms with E-state index in [0.717, 1.165) is 64.2 Å². The summed E-state index contributed by atoms with van der Waals surface area (Å²) in [5.74, 6) is -2.76. The fraction of sp³-hybridized carbons (Fsp3) is 1.00. The van der Waals surface area contributed by atoms with Crippen molar-refractivity contribution in [3.8, 4) is 0 Å². The van der Waals surface area contributed by atoms with Crippen molar-refractivity contribution < 1.29 is 108 Å². The standard InChI is InChI=1S/C8H13F3.2C8H16.C7H16.C6H8F6.3C6H11F3.2C6H12F2.C6H13F.2C6H14/c1-5-3-6(2)7(4-5)8(9,10)11;2*1-6-4-5-7(2)8(6)3;1-5-6-7(2,3)4;1-3-4(2,5(7,8)9)6(10,11)12;1-4-5(2,3)6(7,8)9;2*1-3-4-5(2)6(7,8)9;1-4-6(7,8)5(2)3;1-3-4-5(2)6(7)8;1-3-4-6(2)5-7;2*1-5-6(2,3)4/h5-7H,3-4H2,1-2H3;2*6-8H,4-5H2,1-3H3;5-6H2,1-4H3;3H2,1-2H3;4H2,1-3H3;2*5H,3-4H2,1-2H3;5H,4H2,1-3H3;5-6H,3-4H2,1-2H3;6H,3-5H2,1-2H3;2*5H2,1-4H3/t5-,6?,7?;;;;;;;;;;;;/m0............/s1/i;8D;;;;;3D2;;;;;5D2;. The van der Waals surface area contributed by atoms with Gasteiger partial charge in [0.05, 0.1) is 29.8 Å². The first-order chi connectivity index (χ1) is 49.5. The normalized spacial score (nSPS) is 23.2. The molecule has 0 aromatic rings. The lowest BCUT2D eigenvalue weighted by molar-refractivity contribution is -0.335. The van der Waals surface area contributed by atoms with E-state index in [-0.39, 0.29) is 61.9 Å². The van der Waals surface area contributed by atoms with Gasteiger partial charge in [-0.1, -0.05) is 313 Å². The predicted molar refractivity (Wildman–Crippen MR) is 416 cm³/mol. The van der Waals surface area contributed by atoms with Crippen LogP contribution in [0, 0.1) is 110 Å². The van der Waals surface area contributed by atoms with E-state index >= 15 is 0 Å². The maximum absolute atomic E-state index is 12.3. The van der Waals surface area contributed by atoms with Gasteiger partial charge in [-0.2, -0.15) is 79.0 Å². The Morgan fingerprint density at radius 1 is 0.398 bits per heavy atom. The maximum atomic E-state index is 12.3. The van der Waals surface area contributed by atoms with Gasteiger partial charge in [0.2, 0.25) is 12.3 Å². The Morgan fingerprint density at radius 2 is 0.741 bits per heavy atom. The van der Waals surface area contributed by atoms with Crippen molar-refractivity contribution in [2.45, 2.75) is 433 Å². The Bertz CT molecular complexity index is 2130. The highest BCUT2D eigenvalue weighted by Gasteiger charge is 2.66. The van der Waals surface area contributed by atoms with E-state index in [4.69, 9.17) is 6.85 Å². The van der Waals surface area contributed by atoms with Crippen molar-refractivity contribution in [3.05, 3.63) is 0 Å². The molecule has 0 aromatic heterocycles. The summed E-state index contributed by atoms with van der Waals surface area (Å²) >= 11 is 0. The Balaban J connectivity index is -0.000000128. The fourth-order valence-electron chi connectivity index (χ4n) is 9.16. The zero-order valence-corrected chi connectivity index (χ0v) is 74.4. The van der Waals surface area contributed by atoms with Crippen molar-refractivity contribution >= 4 is 0 Å². The quantitative estimate of drug-likeness (QED) is 0.143. The topological polar surface area (TPSA) is 0 Å². The Morgan fingerprint density at radius 3 is 0.815 bits per heavy atom. The van der Waals surface area contributed by atoms with Crippen LogP contribution in [0.25, 0.3) is 0 Å². The molecule has 3 fully saturated rings. The molecule has 0 radical (unpaired) electrons. The minimum absolute atomic E-state index is 0.0509. The van der Waals surface area contributed by atoms with E-state index in [9.17, 15) is 101 Å². The van der Waals surface area contributed by atoms with Crippen LogP contribution >= 0.6 is 0 Å². The largest absolute Gasteiger partial charge is 0.402 e. The number of hydrogen-bond acceptors (Lipinski definition) is 0. The highest BCUT2D eigenvalue weighted by atomic mass is 19.4. The molecule has 3 saturated carbocycles. The fourth-order valence-corrected chi connectivity index (χ4v) is 9.16. The molecule has 668 valence electrons. The minimum Gasteiger partial charge on any atom is -0.251 e. The molecule has 0 aliphatic heterocycles. The summed E-state index contributed by atoms with van der Waals surface area (Å²) < 4.78 is 309. The molecule has 0 saturated heterocycles. The van der Waals surface area contributed by atoms with E-state index < -0.39 is 115 Å². The molecule has 10 unspecified atom stereocenters. The third kappa shape index (κ3) is 72.1. The SMILES string of the molecule is CC1CCC(C)C1C.CC1C[C@H](C)CC1C(F)(F)F.CCC(C)(C(F)(F)F)C(F)(F)F.CCC(C)(C)C.CCC(C)(C)C(F)(F)F.CCC(F)(F)C(C)C.CCCC(C)(C)C.CCCC(C)C(F)(F)F.CCCC(C)C(F)F.CCCC(C)CF.[2H]C([2H])(C)C(C)(C)C.[2H]C([2H])(C)CC(C)C(F)(F)F.[2H]C1(C)C(C)CCC1C. The van der Waals surface area contributed by atoms with Gasteiger partial charge in [0.15, 0.2) is 5.41 Å². The molecule has 0 aromatic carbocycles. The first-order valence-corrected chi connectivity index (χ1v) is 39.6. The lowest BCUT2D eigenvalue weighted by Crippen LogP contribution is -2.47. The molecule has 3 aliphatic rings. The van der Waals surface area contributed by atoms with Gasteiger partial charge in [-0.3, -0.25) is 4.39 Å².